The second kappa shape index (κ2) is 9.60. The maximum atomic E-state index is 12.6. The molecule has 5 nitrogen and oxygen atoms in total. The number of nitrogens with one attached hydrogen (secondary N) is 1. The molecule has 0 saturated carbocycles. The van der Waals surface area contributed by atoms with Gasteiger partial charge in [-0.25, -0.2) is 0 Å². The average Bonchev–Trinajstić information content (AvgIpc) is 2.70. The van der Waals surface area contributed by atoms with E-state index in [1.54, 1.807) is 0 Å². The van der Waals surface area contributed by atoms with E-state index in [2.05, 4.69) is 40.5 Å². The van der Waals surface area contributed by atoms with E-state index >= 15 is 0 Å². The molecule has 1 N–H and O–H groups in total. The van der Waals surface area contributed by atoms with Gasteiger partial charge in [-0.05, 0) is 61.2 Å². The number of carbonyl (C=O) groups is 1. The molecule has 2 aromatic rings. The van der Waals surface area contributed by atoms with Gasteiger partial charge in [0, 0.05) is 25.3 Å². The molecule has 1 amide bonds. The Morgan fingerprint density at radius 1 is 1.11 bits per heavy atom. The van der Waals surface area contributed by atoms with Crippen molar-refractivity contribution in [2.75, 3.05) is 31.2 Å². The highest BCUT2D eigenvalue weighted by atomic mass is 16.5. The first-order valence-corrected chi connectivity index (χ1v) is 9.99. The van der Waals surface area contributed by atoms with Gasteiger partial charge >= 0.3 is 0 Å². The third-order valence-corrected chi connectivity index (χ3v) is 4.92. The molecule has 150 valence electrons. The van der Waals surface area contributed by atoms with E-state index in [0.717, 1.165) is 48.7 Å². The van der Waals surface area contributed by atoms with Gasteiger partial charge in [0.25, 0.3) is 5.91 Å². The fourth-order valence-corrected chi connectivity index (χ4v) is 3.44. The summed E-state index contributed by atoms with van der Waals surface area (Å²) in [5.74, 6) is 0.660. The average molecular weight is 383 g/mol. The monoisotopic (exact) mass is 382 g/mol. The van der Waals surface area contributed by atoms with Crippen LogP contribution in [0.25, 0.3) is 0 Å². The van der Waals surface area contributed by atoms with Crippen molar-refractivity contribution in [3.05, 3.63) is 59.2 Å². The molecule has 28 heavy (non-hydrogen) atoms. The molecular weight excluding hydrogens is 352 g/mol. The van der Waals surface area contributed by atoms with Crippen LogP contribution in [0.4, 0.5) is 5.69 Å². The van der Waals surface area contributed by atoms with Gasteiger partial charge in [0.05, 0.1) is 13.2 Å². The number of nitrogens with zero attached hydrogens (tertiary/aromatic N) is 1. The predicted octanol–water partition coefficient (Wildman–Crippen LogP) is 3.61. The highest BCUT2D eigenvalue weighted by Gasteiger charge is 2.18. The zero-order valence-corrected chi connectivity index (χ0v) is 17.0. The van der Waals surface area contributed by atoms with E-state index < -0.39 is 6.10 Å². The Balaban J connectivity index is 1.54. The fourth-order valence-electron chi connectivity index (χ4n) is 3.44. The van der Waals surface area contributed by atoms with Gasteiger partial charge in [-0.15, -0.1) is 0 Å². The van der Waals surface area contributed by atoms with Crippen molar-refractivity contribution in [2.45, 2.75) is 39.8 Å². The van der Waals surface area contributed by atoms with Crippen molar-refractivity contribution in [1.29, 1.82) is 0 Å². The standard InChI is InChI=1S/C23H30N2O3/c1-4-22(28-21-14-17(2)13-18(3)15-21)23(26)24-16-19-5-7-20(8-6-19)25-9-11-27-12-10-25/h5-8,13-15,22H,4,9-12,16H2,1-3H3,(H,24,26). The summed E-state index contributed by atoms with van der Waals surface area (Å²) < 4.78 is 11.3. The van der Waals surface area contributed by atoms with Crippen molar-refractivity contribution in [2.24, 2.45) is 0 Å². The minimum atomic E-state index is -0.492. The maximum absolute atomic E-state index is 12.6. The van der Waals surface area contributed by atoms with Crippen LogP contribution in [0.3, 0.4) is 0 Å². The van der Waals surface area contributed by atoms with Gasteiger partial charge in [-0.1, -0.05) is 25.1 Å². The molecule has 2 aromatic carbocycles. The molecule has 1 atom stereocenters. The largest absolute Gasteiger partial charge is 0.481 e. The van der Waals surface area contributed by atoms with Gasteiger partial charge in [-0.3, -0.25) is 4.79 Å². The molecule has 5 heteroatoms. The Labute approximate surface area is 167 Å². The van der Waals surface area contributed by atoms with Crippen molar-refractivity contribution in [3.63, 3.8) is 0 Å². The van der Waals surface area contributed by atoms with Crippen molar-refractivity contribution in [3.8, 4) is 5.75 Å². The molecule has 1 saturated heterocycles. The second-order valence-corrected chi connectivity index (χ2v) is 7.32. The third kappa shape index (κ3) is 5.49. The molecule has 0 aromatic heterocycles. The number of aryl methyl sites for hydroxylation is 2. The van der Waals surface area contributed by atoms with Crippen LogP contribution in [0.5, 0.6) is 5.75 Å². The topological polar surface area (TPSA) is 50.8 Å². The summed E-state index contributed by atoms with van der Waals surface area (Å²) >= 11 is 0. The van der Waals surface area contributed by atoms with Crippen molar-refractivity contribution >= 4 is 11.6 Å². The maximum Gasteiger partial charge on any atom is 0.261 e. The molecule has 0 radical (unpaired) electrons. The smallest absolute Gasteiger partial charge is 0.261 e. The number of amides is 1. The Morgan fingerprint density at radius 2 is 1.75 bits per heavy atom. The molecule has 1 aliphatic rings. The summed E-state index contributed by atoms with van der Waals surface area (Å²) in [7, 11) is 0. The Kier molecular flexibility index (Phi) is 6.93. The summed E-state index contributed by atoms with van der Waals surface area (Å²) in [6, 6.07) is 14.4. The number of carbonyl (C=O) groups excluding carboxylic acids is 1. The van der Waals surface area contributed by atoms with Crippen LogP contribution in [-0.2, 0) is 16.1 Å². The molecular formula is C23H30N2O3. The van der Waals surface area contributed by atoms with Crippen molar-refractivity contribution < 1.29 is 14.3 Å². The number of hydrogen-bond donors (Lipinski definition) is 1. The quantitative estimate of drug-likeness (QED) is 0.795. The van der Waals surface area contributed by atoms with Crippen LogP contribution < -0.4 is 15.0 Å². The van der Waals surface area contributed by atoms with Crippen LogP contribution in [0.2, 0.25) is 0 Å². The molecule has 1 aliphatic heterocycles. The zero-order valence-electron chi connectivity index (χ0n) is 17.0. The Morgan fingerprint density at radius 3 is 2.36 bits per heavy atom. The molecule has 0 aliphatic carbocycles. The molecule has 3 rings (SSSR count). The SMILES string of the molecule is CCC(Oc1cc(C)cc(C)c1)C(=O)NCc1ccc(N2CCOCC2)cc1. The predicted molar refractivity (Wildman–Crippen MR) is 112 cm³/mol. The number of hydrogen-bond acceptors (Lipinski definition) is 4. The van der Waals surface area contributed by atoms with Crippen LogP contribution in [-0.4, -0.2) is 38.3 Å². The van der Waals surface area contributed by atoms with Gasteiger partial charge < -0.3 is 19.7 Å². The van der Waals surface area contributed by atoms with Crippen molar-refractivity contribution in [1.82, 2.24) is 5.32 Å². The summed E-state index contributed by atoms with van der Waals surface area (Å²) in [5.41, 5.74) is 4.53. The normalized spacial score (nSPS) is 15.2. The van der Waals surface area contributed by atoms with Crippen LogP contribution in [0, 0.1) is 13.8 Å². The Bertz CT molecular complexity index is 763. The Hall–Kier alpha value is -2.53. The van der Waals surface area contributed by atoms with E-state index in [0.29, 0.717) is 13.0 Å². The molecule has 0 bridgehead atoms. The van der Waals surface area contributed by atoms with Gasteiger partial charge in [0.2, 0.25) is 0 Å². The number of rotatable bonds is 7. The fraction of sp³-hybridized carbons (Fsp3) is 0.435. The number of benzene rings is 2. The van der Waals surface area contributed by atoms with Crippen LogP contribution in [0.1, 0.15) is 30.0 Å². The summed E-state index contributed by atoms with van der Waals surface area (Å²) in [5, 5.41) is 3.00. The summed E-state index contributed by atoms with van der Waals surface area (Å²) in [4.78, 5) is 14.9. The van der Waals surface area contributed by atoms with Crippen LogP contribution in [0.15, 0.2) is 42.5 Å². The summed E-state index contributed by atoms with van der Waals surface area (Å²) in [6.45, 7) is 9.91. The molecule has 0 spiro atoms. The van der Waals surface area contributed by atoms with E-state index in [4.69, 9.17) is 9.47 Å². The lowest BCUT2D eigenvalue weighted by Crippen LogP contribution is -2.37. The van der Waals surface area contributed by atoms with E-state index in [9.17, 15) is 4.79 Å². The minimum absolute atomic E-state index is 0.0843. The highest BCUT2D eigenvalue weighted by Crippen LogP contribution is 2.19. The van der Waals surface area contributed by atoms with E-state index in [1.807, 2.05) is 32.9 Å². The second-order valence-electron chi connectivity index (χ2n) is 7.32. The molecule has 1 unspecified atom stereocenters. The third-order valence-electron chi connectivity index (χ3n) is 4.92. The highest BCUT2D eigenvalue weighted by molar-refractivity contribution is 5.81. The lowest BCUT2D eigenvalue weighted by Gasteiger charge is -2.29. The zero-order chi connectivity index (χ0) is 19.9. The van der Waals surface area contributed by atoms with Crippen LogP contribution >= 0.6 is 0 Å². The van der Waals surface area contributed by atoms with E-state index in [1.165, 1.54) is 5.69 Å². The first-order chi connectivity index (χ1) is 13.5. The minimum Gasteiger partial charge on any atom is -0.481 e. The lowest BCUT2D eigenvalue weighted by atomic mass is 10.1. The molecule has 1 heterocycles. The first-order valence-electron chi connectivity index (χ1n) is 9.99. The number of ether oxygens (including phenoxy) is 2. The van der Waals surface area contributed by atoms with Gasteiger partial charge in [0.1, 0.15) is 5.75 Å². The first kappa shape index (κ1) is 20.2. The number of morpholine rings is 1. The summed E-state index contributed by atoms with van der Waals surface area (Å²) in [6.07, 6.45) is 0.128. The van der Waals surface area contributed by atoms with Gasteiger partial charge in [0.15, 0.2) is 6.10 Å². The number of anilines is 1. The lowest BCUT2D eigenvalue weighted by molar-refractivity contribution is -0.128. The van der Waals surface area contributed by atoms with E-state index in [-0.39, 0.29) is 5.91 Å². The molecule has 1 fully saturated rings. The van der Waals surface area contributed by atoms with Gasteiger partial charge in [-0.2, -0.15) is 0 Å².